The molecule has 0 aliphatic rings. The van der Waals surface area contributed by atoms with Gasteiger partial charge in [0, 0.05) is 0 Å². The molecule has 0 rings (SSSR count). The van der Waals surface area contributed by atoms with E-state index in [-0.39, 0.29) is 11.5 Å². The summed E-state index contributed by atoms with van der Waals surface area (Å²) in [5.74, 6) is 0.127. The summed E-state index contributed by atoms with van der Waals surface area (Å²) >= 11 is 0.943. The predicted molar refractivity (Wildman–Crippen MR) is 54.0 cm³/mol. The van der Waals surface area contributed by atoms with E-state index < -0.39 is 6.80 Å². The van der Waals surface area contributed by atoms with Crippen molar-refractivity contribution >= 4 is 24.0 Å². The fourth-order valence-corrected chi connectivity index (χ4v) is 3.89. The number of rotatable bonds is 7. The molecule has 0 radical (unpaired) electrons. The summed E-state index contributed by atoms with van der Waals surface area (Å²) in [6.45, 7) is 2.48. The van der Waals surface area contributed by atoms with E-state index >= 15 is 0 Å². The van der Waals surface area contributed by atoms with Crippen molar-refractivity contribution in [3.05, 3.63) is 0 Å². The highest BCUT2D eigenvalue weighted by atomic mass is 32.7. The third-order valence-corrected chi connectivity index (χ3v) is 4.97. The molecule has 0 saturated carbocycles. The van der Waals surface area contributed by atoms with Gasteiger partial charge in [0.05, 0.1) is 19.0 Å². The summed E-state index contributed by atoms with van der Waals surface area (Å²) in [6, 6.07) is 0. The molecule has 0 aliphatic heterocycles. The average Bonchev–Trinajstić information content (AvgIpc) is 2.02. The Balaban J connectivity index is 4.07. The van der Waals surface area contributed by atoms with Gasteiger partial charge < -0.3 is 9.05 Å². The first-order valence-electron chi connectivity index (χ1n) is 4.07. The molecule has 4 nitrogen and oxygen atoms in total. The Labute approximate surface area is 82.7 Å². The zero-order chi connectivity index (χ0) is 10.3. The van der Waals surface area contributed by atoms with Crippen molar-refractivity contribution < 1.29 is 18.4 Å². The molecule has 0 aromatic rings. The lowest BCUT2D eigenvalue weighted by Crippen LogP contribution is -1.97. The summed E-state index contributed by atoms with van der Waals surface area (Å²) in [5, 5.41) is 0. The van der Waals surface area contributed by atoms with Crippen LogP contribution in [0.15, 0.2) is 0 Å². The summed E-state index contributed by atoms with van der Waals surface area (Å²) in [7, 11) is 0. The second kappa shape index (κ2) is 6.60. The van der Waals surface area contributed by atoms with Gasteiger partial charge >= 0.3 is 6.80 Å². The van der Waals surface area contributed by atoms with Gasteiger partial charge in [-0.2, -0.15) is 0 Å². The van der Waals surface area contributed by atoms with Gasteiger partial charge in [-0.15, -0.1) is 0 Å². The van der Waals surface area contributed by atoms with Crippen LogP contribution in [0.25, 0.3) is 0 Å². The van der Waals surface area contributed by atoms with Gasteiger partial charge in [0.1, 0.15) is 5.78 Å². The standard InChI is InChI=1S/C7H15O4PS/c1-4-10-12(9,11-5-2)13-6-7(3)8/h4-6H2,1-3H3. The van der Waals surface area contributed by atoms with Crippen molar-refractivity contribution in [1.82, 2.24) is 0 Å². The van der Waals surface area contributed by atoms with E-state index in [4.69, 9.17) is 9.05 Å². The van der Waals surface area contributed by atoms with Crippen molar-refractivity contribution in [3.63, 3.8) is 0 Å². The molecule has 13 heavy (non-hydrogen) atoms. The molecule has 0 aromatic heterocycles. The van der Waals surface area contributed by atoms with Gasteiger partial charge in [0.2, 0.25) is 0 Å². The minimum absolute atomic E-state index is 0.0374. The lowest BCUT2D eigenvalue weighted by Gasteiger charge is -2.14. The van der Waals surface area contributed by atoms with Gasteiger partial charge in [-0.25, -0.2) is 4.57 Å². The van der Waals surface area contributed by atoms with Crippen molar-refractivity contribution in [2.75, 3.05) is 19.0 Å². The van der Waals surface area contributed by atoms with E-state index in [9.17, 15) is 9.36 Å². The van der Waals surface area contributed by atoms with Gasteiger partial charge in [-0.3, -0.25) is 4.79 Å². The molecule has 0 heterocycles. The summed E-state index contributed by atoms with van der Waals surface area (Å²) < 4.78 is 21.6. The SMILES string of the molecule is CCOP(=O)(OCC)SCC(C)=O. The Kier molecular flexibility index (Phi) is 6.68. The van der Waals surface area contributed by atoms with Crippen molar-refractivity contribution in [1.29, 1.82) is 0 Å². The zero-order valence-electron chi connectivity index (χ0n) is 8.11. The first kappa shape index (κ1) is 13.2. The first-order chi connectivity index (χ1) is 6.04. The molecule has 6 heteroatoms. The van der Waals surface area contributed by atoms with E-state index in [1.165, 1.54) is 6.92 Å². The van der Waals surface area contributed by atoms with E-state index in [2.05, 4.69) is 0 Å². The molecule has 0 aliphatic carbocycles. The molecule has 0 N–H and O–H groups in total. The maximum atomic E-state index is 11.7. The minimum Gasteiger partial charge on any atom is -0.301 e. The van der Waals surface area contributed by atoms with Crippen LogP contribution >= 0.6 is 18.2 Å². The fraction of sp³-hybridized carbons (Fsp3) is 0.857. The zero-order valence-corrected chi connectivity index (χ0v) is 9.82. The van der Waals surface area contributed by atoms with Crippen LogP contribution in [0.4, 0.5) is 0 Å². The number of ketones is 1. The highest BCUT2D eigenvalue weighted by Crippen LogP contribution is 2.60. The van der Waals surface area contributed by atoms with E-state index in [0.29, 0.717) is 13.2 Å². The molecule has 0 atom stereocenters. The van der Waals surface area contributed by atoms with Crippen molar-refractivity contribution in [2.24, 2.45) is 0 Å². The molecule has 0 amide bonds. The fourth-order valence-electron chi connectivity index (χ4n) is 0.598. The van der Waals surface area contributed by atoms with E-state index in [0.717, 1.165) is 11.4 Å². The van der Waals surface area contributed by atoms with Crippen LogP contribution in [0.1, 0.15) is 20.8 Å². The van der Waals surface area contributed by atoms with Crippen LogP contribution in [0, 0.1) is 0 Å². The number of carbonyl (C=O) groups is 1. The molecule has 0 saturated heterocycles. The maximum Gasteiger partial charge on any atom is 0.389 e. The number of hydrogen-bond donors (Lipinski definition) is 0. The third kappa shape index (κ3) is 6.27. The van der Waals surface area contributed by atoms with Crippen molar-refractivity contribution in [3.8, 4) is 0 Å². The second-order valence-corrected chi connectivity index (χ2v) is 6.33. The summed E-state index contributed by atoms with van der Waals surface area (Å²) in [5.41, 5.74) is 0. The third-order valence-electron chi connectivity index (χ3n) is 1.00. The highest BCUT2D eigenvalue weighted by Gasteiger charge is 2.24. The summed E-state index contributed by atoms with van der Waals surface area (Å²) in [4.78, 5) is 10.6. The monoisotopic (exact) mass is 226 g/mol. The van der Waals surface area contributed by atoms with Crippen LogP contribution in [0.2, 0.25) is 0 Å². The normalized spacial score (nSPS) is 11.6. The lowest BCUT2D eigenvalue weighted by molar-refractivity contribution is -0.114. The van der Waals surface area contributed by atoms with Gasteiger partial charge in [-0.1, -0.05) is 0 Å². The maximum absolute atomic E-state index is 11.7. The van der Waals surface area contributed by atoms with Crippen LogP contribution < -0.4 is 0 Å². The highest BCUT2D eigenvalue weighted by molar-refractivity contribution is 8.55. The van der Waals surface area contributed by atoms with Gasteiger partial charge in [-0.05, 0) is 32.2 Å². The Bertz CT molecular complexity index is 197. The topological polar surface area (TPSA) is 52.6 Å². The van der Waals surface area contributed by atoms with Crippen LogP contribution in [-0.4, -0.2) is 24.7 Å². The summed E-state index contributed by atoms with van der Waals surface area (Å²) in [6.07, 6.45) is 0. The Morgan fingerprint density at radius 2 is 1.77 bits per heavy atom. The van der Waals surface area contributed by atoms with Crippen LogP contribution in [0.3, 0.4) is 0 Å². The quantitative estimate of drug-likeness (QED) is 0.624. The van der Waals surface area contributed by atoms with Crippen molar-refractivity contribution in [2.45, 2.75) is 20.8 Å². The first-order valence-corrected chi connectivity index (χ1v) is 7.20. The predicted octanol–water partition coefficient (Wildman–Crippen LogP) is 2.49. The van der Waals surface area contributed by atoms with Crippen LogP contribution in [-0.2, 0) is 18.4 Å². The minimum atomic E-state index is -3.08. The Morgan fingerprint density at radius 3 is 2.08 bits per heavy atom. The largest absolute Gasteiger partial charge is 0.389 e. The number of hydrogen-bond acceptors (Lipinski definition) is 5. The van der Waals surface area contributed by atoms with Gasteiger partial charge in [0.25, 0.3) is 0 Å². The molecular weight excluding hydrogens is 211 g/mol. The smallest absolute Gasteiger partial charge is 0.301 e. The van der Waals surface area contributed by atoms with Gasteiger partial charge in [0.15, 0.2) is 0 Å². The Morgan fingerprint density at radius 1 is 1.31 bits per heavy atom. The molecule has 78 valence electrons. The molecule has 0 unspecified atom stereocenters. The molecule has 0 bridgehead atoms. The average molecular weight is 226 g/mol. The second-order valence-electron chi connectivity index (χ2n) is 2.26. The number of Topliss-reactive ketones (excluding diaryl/α,β-unsaturated/α-hetero) is 1. The van der Waals surface area contributed by atoms with Crippen LogP contribution in [0.5, 0.6) is 0 Å². The van der Waals surface area contributed by atoms with E-state index in [1.807, 2.05) is 0 Å². The molecule has 0 fully saturated rings. The molecule has 0 spiro atoms. The number of carbonyl (C=O) groups excluding carboxylic acids is 1. The molecule has 0 aromatic carbocycles. The van der Waals surface area contributed by atoms with E-state index in [1.54, 1.807) is 13.8 Å². The molecular formula is C7H15O4PS. The Hall–Kier alpha value is 0.170. The lowest BCUT2D eigenvalue weighted by atomic mass is 10.5.